The normalized spacial score (nSPS) is 10.5. The molecule has 0 bridgehead atoms. The number of ether oxygens (including phenoxy) is 2. The molecule has 0 aliphatic heterocycles. The van der Waals surface area contributed by atoms with Crippen molar-refractivity contribution in [1.82, 2.24) is 0 Å². The number of hydrogen-bond donors (Lipinski definition) is 2. The summed E-state index contributed by atoms with van der Waals surface area (Å²) in [5, 5.41) is 18.8. The molecule has 0 aliphatic rings. The van der Waals surface area contributed by atoms with E-state index in [-0.39, 0.29) is 22.6 Å². The Morgan fingerprint density at radius 1 is 0.760 bits per heavy atom. The summed E-state index contributed by atoms with van der Waals surface area (Å²) in [6.45, 7) is 4.86. The van der Waals surface area contributed by atoms with Gasteiger partial charge in [-0.2, -0.15) is 0 Å². The molecule has 0 saturated heterocycles. The predicted octanol–water partition coefficient (Wildman–Crippen LogP) is 4.61. The van der Waals surface area contributed by atoms with Gasteiger partial charge in [0.05, 0.1) is 13.2 Å². The highest BCUT2D eigenvalue weighted by molar-refractivity contribution is 5.97. The van der Waals surface area contributed by atoms with Gasteiger partial charge in [0, 0.05) is 0 Å². The molecule has 140 valence electrons. The van der Waals surface area contributed by atoms with Crippen molar-refractivity contribution in [2.24, 2.45) is 0 Å². The molecule has 0 unspecified atom stereocenters. The molecule has 1 aromatic carbocycles. The zero-order valence-electron chi connectivity index (χ0n) is 15.0. The highest BCUT2D eigenvalue weighted by Gasteiger charge is 2.20. The number of aromatic carboxylic acids is 2. The summed E-state index contributed by atoms with van der Waals surface area (Å²) in [4.78, 5) is 23.0. The topological polar surface area (TPSA) is 93.1 Å². The van der Waals surface area contributed by atoms with Gasteiger partial charge in [-0.3, -0.25) is 0 Å². The van der Waals surface area contributed by atoms with E-state index < -0.39 is 11.9 Å². The molecule has 6 nitrogen and oxygen atoms in total. The molecule has 0 aliphatic carbocycles. The van der Waals surface area contributed by atoms with Crippen molar-refractivity contribution in [1.29, 1.82) is 0 Å². The van der Waals surface area contributed by atoms with Crippen LogP contribution < -0.4 is 9.47 Å². The number of benzene rings is 1. The van der Waals surface area contributed by atoms with E-state index in [4.69, 9.17) is 9.47 Å². The number of rotatable bonds is 13. The van der Waals surface area contributed by atoms with Crippen molar-refractivity contribution in [3.63, 3.8) is 0 Å². The average Bonchev–Trinajstić information content (AvgIpc) is 2.58. The van der Waals surface area contributed by atoms with Crippen LogP contribution in [0.4, 0.5) is 0 Å². The Balaban J connectivity index is 2.93. The van der Waals surface area contributed by atoms with Gasteiger partial charge < -0.3 is 19.7 Å². The van der Waals surface area contributed by atoms with Crippen LogP contribution >= 0.6 is 0 Å². The van der Waals surface area contributed by atoms with Gasteiger partial charge in [0.25, 0.3) is 0 Å². The Labute approximate surface area is 148 Å². The third-order valence-corrected chi connectivity index (χ3v) is 3.80. The maximum atomic E-state index is 11.5. The molecule has 0 aromatic heterocycles. The van der Waals surface area contributed by atoms with Crippen LogP contribution in [0.25, 0.3) is 0 Å². The second kappa shape index (κ2) is 11.3. The van der Waals surface area contributed by atoms with E-state index >= 15 is 0 Å². The summed E-state index contributed by atoms with van der Waals surface area (Å²) in [7, 11) is 0. The first kappa shape index (κ1) is 20.8. The van der Waals surface area contributed by atoms with E-state index in [9.17, 15) is 19.8 Å². The van der Waals surface area contributed by atoms with Gasteiger partial charge in [0.15, 0.2) is 0 Å². The van der Waals surface area contributed by atoms with Crippen molar-refractivity contribution in [3.8, 4) is 11.5 Å². The van der Waals surface area contributed by atoms with Crippen LogP contribution in [0, 0.1) is 0 Å². The lowest BCUT2D eigenvalue weighted by Crippen LogP contribution is -2.10. The van der Waals surface area contributed by atoms with E-state index in [1.165, 1.54) is 12.1 Å². The Bertz CT molecular complexity index is 567. The summed E-state index contributed by atoms with van der Waals surface area (Å²) >= 11 is 0. The quantitative estimate of drug-likeness (QED) is 0.504. The van der Waals surface area contributed by atoms with Gasteiger partial charge in [-0.15, -0.1) is 0 Å². The molecule has 0 heterocycles. The van der Waals surface area contributed by atoms with Gasteiger partial charge in [0.2, 0.25) is 0 Å². The first-order valence-corrected chi connectivity index (χ1v) is 8.91. The van der Waals surface area contributed by atoms with E-state index in [0.717, 1.165) is 44.9 Å². The van der Waals surface area contributed by atoms with E-state index in [2.05, 4.69) is 13.8 Å². The standard InChI is InChI=1S/C19H28O6/c1-3-5-7-9-11-25-17-13-14(18(20)21)16(12-15(17)19(22)23)24-10-8-6-4-2/h12-13H,3-11H2,1-2H3,(H,20,21)(H,22,23). The minimum atomic E-state index is -1.17. The van der Waals surface area contributed by atoms with Crippen molar-refractivity contribution in [2.45, 2.75) is 58.8 Å². The zero-order valence-corrected chi connectivity index (χ0v) is 15.0. The molecule has 25 heavy (non-hydrogen) atoms. The molecule has 0 radical (unpaired) electrons. The third-order valence-electron chi connectivity index (χ3n) is 3.80. The third kappa shape index (κ3) is 7.03. The molecule has 1 rings (SSSR count). The molecule has 2 N–H and O–H groups in total. The summed E-state index contributed by atoms with van der Waals surface area (Å²) in [5.74, 6) is -2.20. The number of carboxylic acids is 2. The van der Waals surface area contributed by atoms with E-state index in [1.54, 1.807) is 0 Å². The van der Waals surface area contributed by atoms with Crippen LogP contribution in [-0.4, -0.2) is 35.4 Å². The minimum Gasteiger partial charge on any atom is -0.493 e. The van der Waals surface area contributed by atoms with Crippen LogP contribution in [0.2, 0.25) is 0 Å². The smallest absolute Gasteiger partial charge is 0.339 e. The van der Waals surface area contributed by atoms with Crippen molar-refractivity contribution in [2.75, 3.05) is 13.2 Å². The molecule has 1 aromatic rings. The van der Waals surface area contributed by atoms with Crippen LogP contribution in [0.3, 0.4) is 0 Å². The van der Waals surface area contributed by atoms with Crippen LogP contribution in [0.5, 0.6) is 11.5 Å². The molecule has 0 fully saturated rings. The number of carboxylic acid groups (broad SMARTS) is 2. The average molecular weight is 352 g/mol. The molecule has 0 amide bonds. The molecule has 0 saturated carbocycles. The number of unbranched alkanes of at least 4 members (excludes halogenated alkanes) is 5. The molecule has 0 atom stereocenters. The van der Waals surface area contributed by atoms with Crippen LogP contribution in [-0.2, 0) is 0 Å². The fraction of sp³-hybridized carbons (Fsp3) is 0.579. The number of hydrogen-bond acceptors (Lipinski definition) is 4. The molecular weight excluding hydrogens is 324 g/mol. The van der Waals surface area contributed by atoms with Crippen LogP contribution in [0.15, 0.2) is 12.1 Å². The largest absolute Gasteiger partial charge is 0.493 e. The minimum absolute atomic E-state index is 0.0688. The Hall–Kier alpha value is -2.24. The highest BCUT2D eigenvalue weighted by Crippen LogP contribution is 2.30. The summed E-state index contributed by atoms with van der Waals surface area (Å²) in [5.41, 5.74) is -0.156. The monoisotopic (exact) mass is 352 g/mol. The lowest BCUT2D eigenvalue weighted by molar-refractivity contribution is 0.0672. The molecule has 0 spiro atoms. The van der Waals surface area contributed by atoms with E-state index in [0.29, 0.717) is 13.2 Å². The Morgan fingerprint density at radius 3 is 1.56 bits per heavy atom. The van der Waals surface area contributed by atoms with Gasteiger partial charge >= 0.3 is 11.9 Å². The van der Waals surface area contributed by atoms with Gasteiger partial charge in [-0.05, 0) is 25.0 Å². The Kier molecular flexibility index (Phi) is 9.43. The van der Waals surface area contributed by atoms with Gasteiger partial charge in [-0.1, -0.05) is 46.0 Å². The van der Waals surface area contributed by atoms with Gasteiger partial charge in [-0.25, -0.2) is 9.59 Å². The summed E-state index contributed by atoms with van der Waals surface area (Å²) < 4.78 is 11.0. The lowest BCUT2D eigenvalue weighted by Gasteiger charge is -2.14. The fourth-order valence-corrected chi connectivity index (χ4v) is 2.38. The summed E-state index contributed by atoms with van der Waals surface area (Å²) in [6.07, 6.45) is 6.72. The van der Waals surface area contributed by atoms with Crippen molar-refractivity contribution >= 4 is 11.9 Å². The Morgan fingerprint density at radius 2 is 1.16 bits per heavy atom. The maximum absolute atomic E-state index is 11.5. The molecular formula is C19H28O6. The predicted molar refractivity (Wildman–Crippen MR) is 95.0 cm³/mol. The number of carbonyl (C=O) groups is 2. The van der Waals surface area contributed by atoms with E-state index in [1.807, 2.05) is 0 Å². The SMILES string of the molecule is CCCCCCOc1cc(C(=O)O)c(OCCCCC)cc1C(=O)O. The van der Waals surface area contributed by atoms with Crippen LogP contribution in [0.1, 0.15) is 79.5 Å². The lowest BCUT2D eigenvalue weighted by atomic mass is 10.1. The second-order valence-corrected chi connectivity index (χ2v) is 5.92. The maximum Gasteiger partial charge on any atom is 0.339 e. The van der Waals surface area contributed by atoms with Gasteiger partial charge in [0.1, 0.15) is 22.6 Å². The first-order chi connectivity index (χ1) is 12.0. The van der Waals surface area contributed by atoms with Crippen molar-refractivity contribution < 1.29 is 29.3 Å². The zero-order chi connectivity index (χ0) is 18.7. The highest BCUT2D eigenvalue weighted by atomic mass is 16.5. The molecule has 6 heteroatoms. The summed E-state index contributed by atoms with van der Waals surface area (Å²) in [6, 6.07) is 2.50. The fourth-order valence-electron chi connectivity index (χ4n) is 2.38. The van der Waals surface area contributed by atoms with Crippen molar-refractivity contribution in [3.05, 3.63) is 23.3 Å². The second-order valence-electron chi connectivity index (χ2n) is 5.92. The first-order valence-electron chi connectivity index (χ1n) is 8.91.